The van der Waals surface area contributed by atoms with Gasteiger partial charge in [0.05, 0.1) is 0 Å². The molecule has 2 N–H and O–H groups in total. The number of thioether (sulfide) groups is 1. The number of carbonyl (C=O) groups excluding carboxylic acids is 1. The Morgan fingerprint density at radius 2 is 1.67 bits per heavy atom. The second-order valence-corrected chi connectivity index (χ2v) is 4.80. The first-order valence-corrected chi connectivity index (χ1v) is 7.22. The average molecular weight is 261 g/mol. The first kappa shape index (κ1) is 14.6. The largest absolute Gasteiger partial charge is 0.399 e. The maximum absolute atomic E-state index is 11.5. The Bertz CT molecular complexity index is 537. The van der Waals surface area contributed by atoms with E-state index in [-0.39, 0.29) is 5.12 Å². The highest BCUT2D eigenvalue weighted by Crippen LogP contribution is 2.20. The fourth-order valence-corrected chi connectivity index (χ4v) is 1.87. The van der Waals surface area contributed by atoms with Crippen LogP contribution >= 0.6 is 11.8 Å². The van der Waals surface area contributed by atoms with E-state index in [0.717, 1.165) is 22.0 Å². The van der Waals surface area contributed by atoms with Gasteiger partial charge in [-0.1, -0.05) is 44.2 Å². The Morgan fingerprint density at radius 3 is 2.28 bits per heavy atom. The molecule has 0 unspecified atom stereocenters. The summed E-state index contributed by atoms with van der Waals surface area (Å²) in [5.74, 6) is 0. The van der Waals surface area contributed by atoms with Gasteiger partial charge in [-0.25, -0.2) is 0 Å². The van der Waals surface area contributed by atoms with Crippen LogP contribution in [0.2, 0.25) is 0 Å². The van der Waals surface area contributed by atoms with Crippen molar-refractivity contribution in [1.82, 2.24) is 0 Å². The van der Waals surface area contributed by atoms with Gasteiger partial charge in [0.25, 0.3) is 0 Å². The molecule has 2 aromatic carbocycles. The van der Waals surface area contributed by atoms with Gasteiger partial charge in [0.1, 0.15) is 0 Å². The summed E-state index contributed by atoms with van der Waals surface area (Å²) < 4.78 is 0. The summed E-state index contributed by atoms with van der Waals surface area (Å²) >= 11 is 1.23. The van der Waals surface area contributed by atoms with Crippen LogP contribution in [-0.4, -0.2) is 11.4 Å². The third kappa shape index (κ3) is 3.77. The lowest BCUT2D eigenvalue weighted by Crippen LogP contribution is -1.92. The van der Waals surface area contributed by atoms with Gasteiger partial charge in [0, 0.05) is 11.3 Å². The van der Waals surface area contributed by atoms with Gasteiger partial charge in [-0.15, -0.1) is 0 Å². The number of hydrogen-bond donors (Lipinski definition) is 1. The normalized spacial score (nSPS) is 9.72. The van der Waals surface area contributed by atoms with Gasteiger partial charge in [-0.2, -0.15) is 0 Å². The Hall–Kier alpha value is -1.48. The molecule has 2 nitrogen and oxygen atoms in total. The highest BCUT2D eigenvalue weighted by Gasteiger charge is 2.04. The molecule has 96 valence electrons. The Balaban J connectivity index is 0.000000492. The van der Waals surface area contributed by atoms with Gasteiger partial charge < -0.3 is 5.73 Å². The maximum atomic E-state index is 11.5. The fourth-order valence-electron chi connectivity index (χ4n) is 1.51. The van der Waals surface area contributed by atoms with Crippen LogP contribution in [0.3, 0.4) is 0 Å². The van der Waals surface area contributed by atoms with E-state index in [4.69, 9.17) is 5.73 Å². The van der Waals surface area contributed by atoms with Crippen molar-refractivity contribution in [2.45, 2.75) is 20.3 Å². The van der Waals surface area contributed by atoms with Crippen molar-refractivity contribution in [1.29, 1.82) is 0 Å². The number of rotatable bonds is 1. The van der Waals surface area contributed by atoms with Crippen molar-refractivity contribution in [3.8, 4) is 0 Å². The van der Waals surface area contributed by atoms with Crippen LogP contribution in [0.15, 0.2) is 36.4 Å². The van der Waals surface area contributed by atoms with Crippen LogP contribution in [0.25, 0.3) is 10.8 Å². The first-order chi connectivity index (χ1) is 8.62. The first-order valence-electron chi connectivity index (χ1n) is 6.00. The van der Waals surface area contributed by atoms with Crippen LogP contribution in [0, 0.1) is 0 Å². The lowest BCUT2D eigenvalue weighted by Gasteiger charge is -2.02. The molecule has 0 saturated heterocycles. The minimum atomic E-state index is 0.0914. The number of benzene rings is 2. The van der Waals surface area contributed by atoms with Gasteiger partial charge >= 0.3 is 0 Å². The van der Waals surface area contributed by atoms with Crippen LogP contribution in [-0.2, 0) is 0 Å². The molecule has 0 fully saturated rings. The molecular formula is C15H19NOS. The fraction of sp³-hybridized carbons (Fsp3) is 0.267. The molecule has 2 aromatic rings. The van der Waals surface area contributed by atoms with Crippen molar-refractivity contribution in [3.63, 3.8) is 0 Å². The number of nitrogen functional groups attached to an aromatic ring is 1. The van der Waals surface area contributed by atoms with Gasteiger partial charge in [-0.05, 0) is 41.3 Å². The van der Waals surface area contributed by atoms with Crippen LogP contribution in [0.1, 0.15) is 30.6 Å². The molecule has 18 heavy (non-hydrogen) atoms. The quantitative estimate of drug-likeness (QED) is 0.776. The molecule has 0 atom stereocenters. The SMILES string of the molecule is CCC.CSC(=O)c1ccc2cc(N)ccc2c1. The number of carbonyl (C=O) groups is 1. The zero-order chi connectivity index (χ0) is 13.5. The van der Waals surface area contributed by atoms with E-state index in [2.05, 4.69) is 13.8 Å². The molecule has 0 aliphatic heterocycles. The molecule has 0 heterocycles. The summed E-state index contributed by atoms with van der Waals surface area (Å²) in [6.07, 6.45) is 3.04. The van der Waals surface area contributed by atoms with E-state index >= 15 is 0 Å². The van der Waals surface area contributed by atoms with E-state index in [1.165, 1.54) is 18.2 Å². The molecule has 0 spiro atoms. The van der Waals surface area contributed by atoms with E-state index in [1.54, 1.807) is 6.26 Å². The van der Waals surface area contributed by atoms with Gasteiger partial charge in [0.15, 0.2) is 0 Å². The second kappa shape index (κ2) is 7.07. The number of hydrogen-bond acceptors (Lipinski definition) is 3. The van der Waals surface area contributed by atoms with E-state index < -0.39 is 0 Å². The molecule has 2 rings (SSSR count). The van der Waals surface area contributed by atoms with Gasteiger partial charge in [-0.3, -0.25) is 4.79 Å². The highest BCUT2D eigenvalue weighted by atomic mass is 32.2. The number of fused-ring (bicyclic) bond motifs is 1. The summed E-state index contributed by atoms with van der Waals surface area (Å²) in [6.45, 7) is 4.25. The molecule has 0 amide bonds. The van der Waals surface area contributed by atoms with Crippen molar-refractivity contribution in [2.75, 3.05) is 12.0 Å². The standard InChI is InChI=1S/C12H11NOS.C3H8/c1-15-12(14)10-3-2-9-7-11(13)5-4-8(9)6-10;1-3-2/h2-7H,13H2,1H3;3H2,1-2H3. The predicted octanol–water partition coefficient (Wildman–Crippen LogP) is 4.34. The van der Waals surface area contributed by atoms with Gasteiger partial charge in [0.2, 0.25) is 5.12 Å². The zero-order valence-electron chi connectivity index (χ0n) is 11.1. The van der Waals surface area contributed by atoms with E-state index in [9.17, 15) is 4.79 Å². The highest BCUT2D eigenvalue weighted by molar-refractivity contribution is 8.13. The third-order valence-electron chi connectivity index (χ3n) is 2.29. The summed E-state index contributed by atoms with van der Waals surface area (Å²) in [5.41, 5.74) is 7.15. The van der Waals surface area contributed by atoms with Crippen molar-refractivity contribution >= 4 is 33.3 Å². The van der Waals surface area contributed by atoms with E-state index in [1.807, 2.05) is 36.4 Å². The average Bonchev–Trinajstić information content (AvgIpc) is 2.38. The van der Waals surface area contributed by atoms with Crippen molar-refractivity contribution in [3.05, 3.63) is 42.0 Å². The second-order valence-electron chi connectivity index (χ2n) is 4.02. The van der Waals surface area contributed by atoms with Crippen LogP contribution in [0.5, 0.6) is 0 Å². The minimum Gasteiger partial charge on any atom is -0.399 e. The Kier molecular flexibility index (Phi) is 5.72. The minimum absolute atomic E-state index is 0.0914. The topological polar surface area (TPSA) is 43.1 Å². The zero-order valence-corrected chi connectivity index (χ0v) is 11.9. The molecule has 0 aliphatic carbocycles. The molecule has 3 heteroatoms. The van der Waals surface area contributed by atoms with Crippen LogP contribution < -0.4 is 5.73 Å². The summed E-state index contributed by atoms with van der Waals surface area (Å²) in [6, 6.07) is 11.3. The lowest BCUT2D eigenvalue weighted by atomic mass is 10.1. The third-order valence-corrected chi connectivity index (χ3v) is 2.89. The lowest BCUT2D eigenvalue weighted by molar-refractivity contribution is 0.108. The molecule has 0 saturated carbocycles. The monoisotopic (exact) mass is 261 g/mol. The number of nitrogens with two attached hydrogens (primary N) is 1. The van der Waals surface area contributed by atoms with Crippen molar-refractivity contribution < 1.29 is 4.79 Å². The van der Waals surface area contributed by atoms with Crippen LogP contribution in [0.4, 0.5) is 5.69 Å². The Morgan fingerprint density at radius 1 is 1.11 bits per heavy atom. The summed E-state index contributed by atoms with van der Waals surface area (Å²) in [4.78, 5) is 11.5. The van der Waals surface area contributed by atoms with E-state index in [0.29, 0.717) is 0 Å². The van der Waals surface area contributed by atoms with Crippen molar-refractivity contribution in [2.24, 2.45) is 0 Å². The Labute approximate surface area is 113 Å². The number of anilines is 1. The molecule has 0 aliphatic rings. The molecule has 0 bridgehead atoms. The predicted molar refractivity (Wildman–Crippen MR) is 82.2 cm³/mol. The molecule has 0 aromatic heterocycles. The molecular weight excluding hydrogens is 242 g/mol. The smallest absolute Gasteiger partial charge is 0.219 e. The molecule has 0 radical (unpaired) electrons. The summed E-state index contributed by atoms with van der Waals surface area (Å²) in [7, 11) is 0. The maximum Gasteiger partial charge on any atom is 0.219 e. The summed E-state index contributed by atoms with van der Waals surface area (Å²) in [5, 5.41) is 2.20.